The fourth-order valence-corrected chi connectivity index (χ4v) is 1.04. The molecule has 14 heavy (non-hydrogen) atoms. The minimum absolute atomic E-state index is 0.679. The van der Waals surface area contributed by atoms with Gasteiger partial charge in [-0.15, -0.1) is 5.11 Å². The number of nitrogens with zero attached hydrogens (tertiary/aromatic N) is 3. The highest BCUT2D eigenvalue weighted by molar-refractivity contribution is 5.38. The molecule has 1 rings (SSSR count). The predicted octanol–water partition coefficient (Wildman–Crippen LogP) is 1.75. The van der Waals surface area contributed by atoms with Crippen molar-refractivity contribution in [1.82, 2.24) is 5.01 Å². The van der Waals surface area contributed by atoms with Crippen LogP contribution in [0.25, 0.3) is 0 Å². The fourth-order valence-electron chi connectivity index (χ4n) is 1.04. The van der Waals surface area contributed by atoms with Gasteiger partial charge in [-0.2, -0.15) is 0 Å². The molecule has 0 saturated carbocycles. The van der Waals surface area contributed by atoms with E-state index in [0.717, 1.165) is 12.1 Å². The third-order valence-electron chi connectivity index (χ3n) is 1.71. The maximum atomic E-state index is 5.45. The molecule has 76 valence electrons. The first-order valence-corrected chi connectivity index (χ1v) is 4.60. The zero-order valence-corrected chi connectivity index (χ0v) is 8.64. The van der Waals surface area contributed by atoms with Crippen molar-refractivity contribution in [2.75, 3.05) is 20.6 Å². The van der Waals surface area contributed by atoms with Crippen LogP contribution < -0.4 is 5.73 Å². The average molecular weight is 192 g/mol. The highest BCUT2D eigenvalue weighted by Gasteiger charge is 1.92. The molecule has 0 saturated heterocycles. The number of hydrogen-bond acceptors (Lipinski definition) is 3. The standard InChI is InChI=1S/C10H16N4/c1-14(2)13-12-10-5-3-9(4-6-10)7-8-11/h3-6H,7-8,11H2,1-2H3. The minimum atomic E-state index is 0.679. The molecule has 1 aromatic carbocycles. The Bertz CT molecular complexity index is 289. The topological polar surface area (TPSA) is 54.0 Å². The van der Waals surface area contributed by atoms with Crippen molar-refractivity contribution in [3.05, 3.63) is 29.8 Å². The zero-order chi connectivity index (χ0) is 10.4. The molecule has 1 aromatic rings. The van der Waals surface area contributed by atoms with Crippen LogP contribution in [0, 0.1) is 0 Å². The van der Waals surface area contributed by atoms with Crippen molar-refractivity contribution in [2.24, 2.45) is 16.1 Å². The smallest absolute Gasteiger partial charge is 0.0874 e. The van der Waals surface area contributed by atoms with E-state index in [1.807, 2.05) is 38.4 Å². The van der Waals surface area contributed by atoms with Gasteiger partial charge < -0.3 is 5.73 Å². The fraction of sp³-hybridized carbons (Fsp3) is 0.400. The van der Waals surface area contributed by atoms with E-state index in [1.54, 1.807) is 5.01 Å². The Morgan fingerprint density at radius 1 is 1.21 bits per heavy atom. The van der Waals surface area contributed by atoms with Crippen LogP contribution in [0.5, 0.6) is 0 Å². The Morgan fingerprint density at radius 2 is 1.86 bits per heavy atom. The second-order valence-electron chi connectivity index (χ2n) is 3.24. The molecule has 4 nitrogen and oxygen atoms in total. The molecule has 0 aliphatic carbocycles. The predicted molar refractivity (Wildman–Crippen MR) is 57.4 cm³/mol. The van der Waals surface area contributed by atoms with E-state index >= 15 is 0 Å². The first kappa shape index (κ1) is 10.7. The van der Waals surface area contributed by atoms with Crippen LogP contribution in [-0.2, 0) is 6.42 Å². The van der Waals surface area contributed by atoms with Crippen molar-refractivity contribution in [3.8, 4) is 0 Å². The second kappa shape index (κ2) is 5.34. The molecular formula is C10H16N4. The molecular weight excluding hydrogens is 176 g/mol. The molecule has 0 bridgehead atoms. The van der Waals surface area contributed by atoms with Gasteiger partial charge in [-0.05, 0) is 30.7 Å². The summed E-state index contributed by atoms with van der Waals surface area (Å²) in [4.78, 5) is 0. The molecule has 0 radical (unpaired) electrons. The van der Waals surface area contributed by atoms with Crippen LogP contribution in [0.4, 0.5) is 5.69 Å². The van der Waals surface area contributed by atoms with E-state index in [0.29, 0.717) is 6.54 Å². The van der Waals surface area contributed by atoms with E-state index in [1.165, 1.54) is 5.56 Å². The van der Waals surface area contributed by atoms with Gasteiger partial charge in [0.2, 0.25) is 0 Å². The first-order valence-electron chi connectivity index (χ1n) is 4.60. The van der Waals surface area contributed by atoms with Crippen LogP contribution in [0.3, 0.4) is 0 Å². The van der Waals surface area contributed by atoms with Crippen molar-refractivity contribution in [1.29, 1.82) is 0 Å². The third kappa shape index (κ3) is 3.53. The van der Waals surface area contributed by atoms with Crippen molar-refractivity contribution >= 4 is 5.69 Å². The van der Waals surface area contributed by atoms with Crippen LogP contribution in [0.1, 0.15) is 5.56 Å². The average Bonchev–Trinajstić information content (AvgIpc) is 2.17. The second-order valence-corrected chi connectivity index (χ2v) is 3.24. The lowest BCUT2D eigenvalue weighted by Crippen LogP contribution is -2.02. The molecule has 2 N–H and O–H groups in total. The van der Waals surface area contributed by atoms with E-state index < -0.39 is 0 Å². The van der Waals surface area contributed by atoms with Crippen LogP contribution in [0.2, 0.25) is 0 Å². The summed E-state index contributed by atoms with van der Waals surface area (Å²) >= 11 is 0. The molecule has 0 unspecified atom stereocenters. The summed E-state index contributed by atoms with van der Waals surface area (Å²) < 4.78 is 0. The minimum Gasteiger partial charge on any atom is -0.330 e. The Labute approximate surface area is 84.4 Å². The lowest BCUT2D eigenvalue weighted by Gasteiger charge is -2.01. The summed E-state index contributed by atoms with van der Waals surface area (Å²) in [7, 11) is 3.68. The summed E-state index contributed by atoms with van der Waals surface area (Å²) in [5, 5.41) is 9.59. The molecule has 0 aliphatic heterocycles. The van der Waals surface area contributed by atoms with Crippen LogP contribution >= 0.6 is 0 Å². The molecule has 0 spiro atoms. The van der Waals surface area contributed by atoms with E-state index in [-0.39, 0.29) is 0 Å². The van der Waals surface area contributed by atoms with Gasteiger partial charge in [0.15, 0.2) is 0 Å². The van der Waals surface area contributed by atoms with Gasteiger partial charge in [-0.25, -0.2) is 0 Å². The SMILES string of the molecule is CN(C)N=Nc1ccc(CCN)cc1. The van der Waals surface area contributed by atoms with Crippen LogP contribution in [-0.4, -0.2) is 25.6 Å². The summed E-state index contributed by atoms with van der Waals surface area (Å²) in [6, 6.07) is 7.93. The van der Waals surface area contributed by atoms with E-state index in [2.05, 4.69) is 10.3 Å². The Balaban J connectivity index is 2.64. The van der Waals surface area contributed by atoms with Crippen LogP contribution in [0.15, 0.2) is 34.6 Å². The summed E-state index contributed by atoms with van der Waals surface area (Å²) in [5.41, 5.74) is 7.54. The van der Waals surface area contributed by atoms with Crippen molar-refractivity contribution in [3.63, 3.8) is 0 Å². The molecule has 0 atom stereocenters. The number of hydrogen-bond donors (Lipinski definition) is 1. The van der Waals surface area contributed by atoms with Gasteiger partial charge in [0, 0.05) is 14.1 Å². The Morgan fingerprint density at radius 3 is 2.36 bits per heavy atom. The zero-order valence-electron chi connectivity index (χ0n) is 8.64. The Kier molecular flexibility index (Phi) is 4.07. The van der Waals surface area contributed by atoms with Gasteiger partial charge in [-0.3, -0.25) is 5.01 Å². The maximum absolute atomic E-state index is 5.45. The number of benzene rings is 1. The number of nitrogens with two attached hydrogens (primary N) is 1. The molecule has 4 heteroatoms. The van der Waals surface area contributed by atoms with Gasteiger partial charge in [-0.1, -0.05) is 17.4 Å². The molecule has 0 heterocycles. The third-order valence-corrected chi connectivity index (χ3v) is 1.71. The quantitative estimate of drug-likeness (QED) is 0.583. The van der Waals surface area contributed by atoms with E-state index in [9.17, 15) is 0 Å². The molecule has 0 aliphatic rings. The first-order chi connectivity index (χ1) is 6.72. The molecule has 0 aromatic heterocycles. The summed E-state index contributed by atoms with van der Waals surface area (Å²) in [6.07, 6.45) is 0.908. The maximum Gasteiger partial charge on any atom is 0.0874 e. The lowest BCUT2D eigenvalue weighted by atomic mass is 10.1. The Hall–Kier alpha value is -1.42. The largest absolute Gasteiger partial charge is 0.330 e. The number of rotatable bonds is 4. The van der Waals surface area contributed by atoms with Crippen molar-refractivity contribution in [2.45, 2.75) is 6.42 Å². The van der Waals surface area contributed by atoms with Gasteiger partial charge in [0.05, 0.1) is 5.69 Å². The monoisotopic (exact) mass is 192 g/mol. The van der Waals surface area contributed by atoms with Gasteiger partial charge in [0.25, 0.3) is 0 Å². The van der Waals surface area contributed by atoms with Gasteiger partial charge in [0.1, 0.15) is 0 Å². The van der Waals surface area contributed by atoms with Gasteiger partial charge >= 0.3 is 0 Å². The normalized spacial score (nSPS) is 10.8. The van der Waals surface area contributed by atoms with E-state index in [4.69, 9.17) is 5.73 Å². The molecule has 0 fully saturated rings. The molecule has 0 amide bonds. The summed E-state index contributed by atoms with van der Waals surface area (Å²) in [6.45, 7) is 0.679. The highest BCUT2D eigenvalue weighted by Crippen LogP contribution is 2.13. The highest BCUT2D eigenvalue weighted by atomic mass is 15.5. The van der Waals surface area contributed by atoms with Crippen molar-refractivity contribution < 1.29 is 0 Å². The summed E-state index contributed by atoms with van der Waals surface area (Å²) in [5.74, 6) is 0. The lowest BCUT2D eigenvalue weighted by molar-refractivity contribution is 0.408.